The summed E-state index contributed by atoms with van der Waals surface area (Å²) in [4.78, 5) is 45.2. The van der Waals surface area contributed by atoms with Gasteiger partial charge < -0.3 is 15.2 Å². The molecule has 0 radical (unpaired) electrons. The number of benzene rings is 2. The molecule has 34 heavy (non-hydrogen) atoms. The molecule has 2 N–H and O–H groups in total. The van der Waals surface area contributed by atoms with E-state index in [1.165, 1.54) is 12.1 Å². The maximum Gasteiger partial charge on any atom is 0.292 e. The summed E-state index contributed by atoms with van der Waals surface area (Å²) in [5, 5.41) is 3.13. The van der Waals surface area contributed by atoms with Gasteiger partial charge in [0.25, 0.3) is 11.8 Å². The Bertz CT molecular complexity index is 1220. The first-order chi connectivity index (χ1) is 16.3. The molecule has 1 saturated heterocycles. The van der Waals surface area contributed by atoms with E-state index in [0.29, 0.717) is 37.1 Å². The Morgan fingerprint density at radius 3 is 2.50 bits per heavy atom. The van der Waals surface area contributed by atoms with E-state index in [1.54, 1.807) is 43.5 Å². The van der Waals surface area contributed by atoms with Crippen LogP contribution < -0.4 is 5.32 Å². The van der Waals surface area contributed by atoms with Crippen LogP contribution in [0.5, 0.6) is 0 Å². The third-order valence-electron chi connectivity index (χ3n) is 6.39. The summed E-state index contributed by atoms with van der Waals surface area (Å²) in [5.41, 5.74) is 2.48. The van der Waals surface area contributed by atoms with E-state index >= 15 is 0 Å². The van der Waals surface area contributed by atoms with Gasteiger partial charge >= 0.3 is 0 Å². The van der Waals surface area contributed by atoms with Crippen molar-refractivity contribution in [3.63, 3.8) is 0 Å². The van der Waals surface area contributed by atoms with Crippen LogP contribution in [0.3, 0.4) is 0 Å². The number of rotatable bonds is 6. The molecule has 2 heterocycles. The van der Waals surface area contributed by atoms with Crippen LogP contribution in [0.15, 0.2) is 48.7 Å². The molecule has 2 amide bonds. The van der Waals surface area contributed by atoms with Gasteiger partial charge in [-0.25, -0.2) is 4.39 Å². The van der Waals surface area contributed by atoms with E-state index in [9.17, 15) is 18.8 Å². The number of aromatic amines is 1. The molecule has 1 aromatic heterocycles. The second-order valence-corrected chi connectivity index (χ2v) is 8.86. The molecule has 1 aliphatic heterocycles. The lowest BCUT2D eigenvalue weighted by atomic mass is 10.0. The van der Waals surface area contributed by atoms with E-state index in [4.69, 9.17) is 0 Å². The minimum atomic E-state index is -0.662. The summed E-state index contributed by atoms with van der Waals surface area (Å²) in [6.45, 7) is 8.13. The lowest BCUT2D eigenvalue weighted by Crippen LogP contribution is -2.57. The van der Waals surface area contributed by atoms with Crippen LogP contribution in [-0.4, -0.2) is 64.1 Å². The highest BCUT2D eigenvalue weighted by Gasteiger charge is 2.33. The SMILES string of the molecule is CCNC(=O)C(=O)c1ccc2[nH]cc(C(=O)N3C[C@H](C)N(Cc4ccc(F)cc4)C[C@H]3C)c2c1. The van der Waals surface area contributed by atoms with E-state index in [-0.39, 0.29) is 29.4 Å². The average Bonchev–Trinajstić information content (AvgIpc) is 3.25. The van der Waals surface area contributed by atoms with Gasteiger partial charge in [0.2, 0.25) is 5.78 Å². The van der Waals surface area contributed by atoms with Gasteiger partial charge in [0.1, 0.15) is 5.82 Å². The monoisotopic (exact) mass is 464 g/mol. The number of carbonyl (C=O) groups excluding carboxylic acids is 3. The number of nitrogens with zero attached hydrogens (tertiary/aromatic N) is 2. The minimum absolute atomic E-state index is 0.0331. The molecule has 2 atom stereocenters. The summed E-state index contributed by atoms with van der Waals surface area (Å²) in [6.07, 6.45) is 1.66. The Kier molecular flexibility index (Phi) is 6.79. The van der Waals surface area contributed by atoms with Gasteiger partial charge in [0.15, 0.2) is 0 Å². The summed E-state index contributed by atoms with van der Waals surface area (Å²) >= 11 is 0. The van der Waals surface area contributed by atoms with Crippen LogP contribution in [0.2, 0.25) is 0 Å². The lowest BCUT2D eigenvalue weighted by Gasteiger charge is -2.44. The lowest BCUT2D eigenvalue weighted by molar-refractivity contribution is -0.116. The molecule has 2 aromatic carbocycles. The number of likely N-dealkylation sites (N-methyl/N-ethyl adjacent to an activating group) is 1. The van der Waals surface area contributed by atoms with Gasteiger partial charge in [0.05, 0.1) is 5.56 Å². The molecule has 4 rings (SSSR count). The zero-order valence-corrected chi connectivity index (χ0v) is 19.6. The maximum absolute atomic E-state index is 13.5. The fourth-order valence-corrected chi connectivity index (χ4v) is 4.49. The number of hydrogen-bond acceptors (Lipinski definition) is 4. The molecular formula is C26H29FN4O3. The minimum Gasteiger partial charge on any atom is -0.360 e. The van der Waals surface area contributed by atoms with Crippen molar-refractivity contribution in [3.8, 4) is 0 Å². The van der Waals surface area contributed by atoms with Crippen LogP contribution in [0.25, 0.3) is 10.9 Å². The Morgan fingerprint density at radius 2 is 1.79 bits per heavy atom. The zero-order valence-electron chi connectivity index (χ0n) is 19.6. The molecule has 178 valence electrons. The number of aromatic nitrogens is 1. The van der Waals surface area contributed by atoms with Crippen LogP contribution in [-0.2, 0) is 11.3 Å². The average molecular weight is 465 g/mol. The second-order valence-electron chi connectivity index (χ2n) is 8.86. The molecule has 0 bridgehead atoms. The molecule has 3 aromatic rings. The number of carbonyl (C=O) groups is 3. The number of Topliss-reactive ketones (excluding diaryl/α,β-unsaturated/α-hetero) is 1. The van der Waals surface area contributed by atoms with Crippen LogP contribution in [0, 0.1) is 5.82 Å². The number of nitrogens with one attached hydrogen (secondary N) is 2. The topological polar surface area (TPSA) is 85.5 Å². The summed E-state index contributed by atoms with van der Waals surface area (Å²) in [5.74, 6) is -1.66. The highest BCUT2D eigenvalue weighted by Crippen LogP contribution is 2.25. The fraction of sp³-hybridized carbons (Fsp3) is 0.346. The van der Waals surface area contributed by atoms with E-state index in [2.05, 4.69) is 22.1 Å². The van der Waals surface area contributed by atoms with Crippen LogP contribution in [0.1, 0.15) is 47.1 Å². The molecule has 0 spiro atoms. The maximum atomic E-state index is 13.5. The predicted octanol–water partition coefficient (Wildman–Crippen LogP) is 3.36. The molecule has 0 unspecified atom stereocenters. The molecular weight excluding hydrogens is 435 g/mol. The van der Waals surface area contributed by atoms with Crippen molar-refractivity contribution in [1.29, 1.82) is 0 Å². The van der Waals surface area contributed by atoms with Gasteiger partial charge in [-0.15, -0.1) is 0 Å². The predicted molar refractivity (Wildman–Crippen MR) is 128 cm³/mol. The first kappa shape index (κ1) is 23.6. The summed E-state index contributed by atoms with van der Waals surface area (Å²) in [7, 11) is 0. The van der Waals surface area contributed by atoms with Crippen molar-refractivity contribution in [2.75, 3.05) is 19.6 Å². The Labute approximate surface area is 197 Å². The Hall–Kier alpha value is -3.52. The summed E-state index contributed by atoms with van der Waals surface area (Å²) in [6, 6.07) is 11.5. The Balaban J connectivity index is 1.52. The molecule has 1 fully saturated rings. The van der Waals surface area contributed by atoms with E-state index < -0.39 is 11.7 Å². The van der Waals surface area contributed by atoms with Gasteiger partial charge in [-0.2, -0.15) is 0 Å². The zero-order chi connectivity index (χ0) is 24.4. The fourth-order valence-electron chi connectivity index (χ4n) is 4.49. The number of amides is 2. The molecule has 8 heteroatoms. The van der Waals surface area contributed by atoms with Gasteiger partial charge in [-0.3, -0.25) is 19.3 Å². The van der Waals surface area contributed by atoms with Gasteiger partial charge in [-0.05, 0) is 56.7 Å². The number of ketones is 1. The quantitative estimate of drug-likeness (QED) is 0.433. The first-order valence-corrected chi connectivity index (χ1v) is 11.5. The highest BCUT2D eigenvalue weighted by molar-refractivity contribution is 6.43. The number of hydrogen-bond donors (Lipinski definition) is 2. The molecule has 0 aliphatic carbocycles. The normalized spacial score (nSPS) is 18.8. The Morgan fingerprint density at radius 1 is 1.06 bits per heavy atom. The molecule has 0 saturated carbocycles. The van der Waals surface area contributed by atoms with Crippen molar-refractivity contribution in [1.82, 2.24) is 20.1 Å². The van der Waals surface area contributed by atoms with Crippen molar-refractivity contribution >= 4 is 28.5 Å². The first-order valence-electron chi connectivity index (χ1n) is 11.5. The highest BCUT2D eigenvalue weighted by atomic mass is 19.1. The number of H-pyrrole nitrogens is 1. The van der Waals surface area contributed by atoms with Crippen LogP contribution in [0.4, 0.5) is 4.39 Å². The van der Waals surface area contributed by atoms with E-state index in [1.807, 2.05) is 11.8 Å². The smallest absolute Gasteiger partial charge is 0.292 e. The van der Waals surface area contributed by atoms with E-state index in [0.717, 1.165) is 11.1 Å². The number of piperazine rings is 1. The third kappa shape index (κ3) is 4.72. The van der Waals surface area contributed by atoms with Crippen molar-refractivity contribution in [3.05, 3.63) is 71.2 Å². The number of fused-ring (bicyclic) bond motifs is 1. The van der Waals surface area contributed by atoms with Gasteiger partial charge in [0, 0.05) is 60.9 Å². The second kappa shape index (κ2) is 9.77. The standard InChI is InChI=1S/C26H29FN4O3/c1-4-28-25(33)24(32)19-7-10-23-21(11-19)22(12-29-23)26(34)31-14-16(2)30(13-17(31)3)15-18-5-8-20(27)9-6-18/h5-12,16-17,29H,4,13-15H2,1-3H3,(H,28,33)/t16-,17+/m0/s1. The summed E-state index contributed by atoms with van der Waals surface area (Å²) < 4.78 is 13.2. The third-order valence-corrected chi connectivity index (χ3v) is 6.39. The number of halogens is 1. The largest absolute Gasteiger partial charge is 0.360 e. The van der Waals surface area contributed by atoms with Crippen LogP contribution >= 0.6 is 0 Å². The molecule has 1 aliphatic rings. The van der Waals surface area contributed by atoms with Crippen molar-refractivity contribution in [2.24, 2.45) is 0 Å². The van der Waals surface area contributed by atoms with Crippen molar-refractivity contribution in [2.45, 2.75) is 39.4 Å². The van der Waals surface area contributed by atoms with Crippen molar-refractivity contribution < 1.29 is 18.8 Å². The van der Waals surface area contributed by atoms with Gasteiger partial charge in [-0.1, -0.05) is 12.1 Å². The molecule has 7 nitrogen and oxygen atoms in total.